The molecule has 0 aliphatic carbocycles. The largest absolute Gasteiger partial charge is 0.494 e. The number of imidazole rings is 2. The molecule has 2 aromatic carbocycles. The van der Waals surface area contributed by atoms with Crippen LogP contribution in [0.15, 0.2) is 48.6 Å². The Morgan fingerprint density at radius 2 is 1.23 bits per heavy atom. The highest BCUT2D eigenvalue weighted by Gasteiger charge is 2.25. The van der Waals surface area contributed by atoms with E-state index in [-0.39, 0.29) is 60.3 Å². The molecule has 0 unspecified atom stereocenters. The van der Waals surface area contributed by atoms with Gasteiger partial charge < -0.3 is 40.7 Å². The lowest BCUT2D eigenvalue weighted by molar-refractivity contribution is -0.132. The average Bonchev–Trinajstić information content (AvgIpc) is 4.06. The summed E-state index contributed by atoms with van der Waals surface area (Å²) in [6, 6.07) is 8.79. The number of rotatable bonds is 21. The number of amides is 5. The topological polar surface area (TPSA) is 280 Å². The Balaban J connectivity index is 1.37. The fourth-order valence-electron chi connectivity index (χ4n) is 7.53. The monoisotopic (exact) mass is 906 g/mol. The third kappa shape index (κ3) is 10.2. The molecule has 6 aromatic rings. The van der Waals surface area contributed by atoms with E-state index in [4.69, 9.17) is 36.6 Å². The van der Waals surface area contributed by atoms with Gasteiger partial charge in [-0.25, -0.2) is 9.97 Å². The Hall–Kier alpha value is -7.55. The van der Waals surface area contributed by atoms with E-state index in [0.29, 0.717) is 76.6 Å². The molecule has 6 rings (SSSR count). The molecule has 0 aliphatic heterocycles. The molecule has 21 heteroatoms. The number of nitrogens with one attached hydrogen (secondary N) is 2. The van der Waals surface area contributed by atoms with Gasteiger partial charge in [0.15, 0.2) is 0 Å². The van der Waals surface area contributed by atoms with Crippen LogP contribution in [0.25, 0.3) is 22.1 Å². The molecular formula is C45H58N14O7. The molecule has 0 saturated carbocycles. The van der Waals surface area contributed by atoms with Crippen LogP contribution in [0.2, 0.25) is 0 Å². The molecule has 66 heavy (non-hydrogen) atoms. The molecule has 8 N–H and O–H groups in total. The van der Waals surface area contributed by atoms with Gasteiger partial charge in [-0.15, -0.1) is 0 Å². The van der Waals surface area contributed by atoms with Crippen LogP contribution >= 0.6 is 0 Å². The van der Waals surface area contributed by atoms with Crippen molar-refractivity contribution >= 4 is 63.5 Å². The maximum atomic E-state index is 13.9. The van der Waals surface area contributed by atoms with Crippen LogP contribution in [0.1, 0.15) is 93.6 Å². The summed E-state index contributed by atoms with van der Waals surface area (Å²) < 4.78 is 18.7. The van der Waals surface area contributed by atoms with Crippen molar-refractivity contribution in [1.82, 2.24) is 43.6 Å². The van der Waals surface area contributed by atoms with E-state index in [1.165, 1.54) is 31.4 Å². The smallest absolute Gasteiger partial charge is 0.276 e. The lowest BCUT2D eigenvalue weighted by Gasteiger charge is -2.24. The van der Waals surface area contributed by atoms with Crippen molar-refractivity contribution < 1.29 is 33.4 Å². The Bertz CT molecular complexity index is 2830. The molecule has 5 amide bonds. The van der Waals surface area contributed by atoms with Crippen LogP contribution in [-0.4, -0.2) is 106 Å². The molecule has 2 atom stereocenters. The summed E-state index contributed by atoms with van der Waals surface area (Å²) in [7, 11) is 3.15. The zero-order valence-electron chi connectivity index (χ0n) is 38.5. The molecule has 0 spiro atoms. The van der Waals surface area contributed by atoms with Crippen molar-refractivity contribution in [2.24, 2.45) is 23.1 Å². The number of aryl methyl sites for hydroxylation is 4. The maximum Gasteiger partial charge on any atom is 0.276 e. The summed E-state index contributed by atoms with van der Waals surface area (Å²) in [6.07, 6.45) is 4.84. The maximum absolute atomic E-state index is 13.9. The summed E-state index contributed by atoms with van der Waals surface area (Å²) >= 11 is 0. The number of nitrogens with zero attached hydrogens (tertiary/aromatic N) is 9. The molecule has 0 bridgehead atoms. The van der Waals surface area contributed by atoms with Crippen molar-refractivity contribution in [2.45, 2.75) is 86.6 Å². The molecule has 0 aliphatic rings. The normalized spacial score (nSPS) is 12.4. The number of anilines is 2. The number of carbonyl (C=O) groups excluding carboxylic acids is 5. The van der Waals surface area contributed by atoms with E-state index >= 15 is 0 Å². The number of carbonyl (C=O) groups is 5. The number of methoxy groups -OCH3 is 1. The minimum Gasteiger partial charge on any atom is -0.494 e. The lowest BCUT2D eigenvalue weighted by atomic mass is 9.99. The van der Waals surface area contributed by atoms with Gasteiger partial charge in [0.1, 0.15) is 33.9 Å². The highest BCUT2D eigenvalue weighted by Crippen LogP contribution is 2.33. The second-order valence-electron chi connectivity index (χ2n) is 15.9. The third-order valence-corrected chi connectivity index (χ3v) is 11.3. The van der Waals surface area contributed by atoms with Gasteiger partial charge in [0.05, 0.1) is 42.2 Å². The van der Waals surface area contributed by atoms with Crippen LogP contribution in [0, 0.1) is 19.8 Å². The van der Waals surface area contributed by atoms with Gasteiger partial charge in [0.2, 0.25) is 29.6 Å². The first-order chi connectivity index (χ1) is 31.5. The van der Waals surface area contributed by atoms with E-state index in [9.17, 15) is 24.0 Å². The van der Waals surface area contributed by atoms with Crippen molar-refractivity contribution in [3.63, 3.8) is 0 Å². The van der Waals surface area contributed by atoms with Gasteiger partial charge >= 0.3 is 0 Å². The van der Waals surface area contributed by atoms with Gasteiger partial charge in [0.25, 0.3) is 11.8 Å². The summed E-state index contributed by atoms with van der Waals surface area (Å²) in [5.41, 5.74) is 21.5. The molecule has 350 valence electrons. The molecule has 4 heterocycles. The zero-order valence-corrected chi connectivity index (χ0v) is 38.5. The van der Waals surface area contributed by atoms with Gasteiger partial charge in [-0.05, 0) is 76.4 Å². The van der Waals surface area contributed by atoms with Crippen molar-refractivity contribution in [3.05, 3.63) is 82.5 Å². The predicted molar refractivity (Wildman–Crippen MR) is 249 cm³/mol. The van der Waals surface area contributed by atoms with Crippen molar-refractivity contribution in [3.8, 4) is 11.5 Å². The first-order valence-electron chi connectivity index (χ1n) is 21.7. The Morgan fingerprint density at radius 3 is 1.67 bits per heavy atom. The quantitative estimate of drug-likeness (QED) is 0.0506. The Morgan fingerprint density at radius 1 is 0.758 bits per heavy atom. The minimum atomic E-state index is -0.711. The SMILES string of the molecule is CC[C@H](C)[C@H](N)C(=O)N(C)CCCOc1cc(C(N)=O)cc2nc(NC(=O)c3cc(C)nn3CC)n(C/C=C/Cn3c(NC(=O)c4cc(C)nn4CC)nc4cc(C(N)=O)cc(OC)c43)c12. The van der Waals surface area contributed by atoms with E-state index in [2.05, 4.69) is 20.8 Å². The highest BCUT2D eigenvalue weighted by atomic mass is 16.5. The molecule has 0 fully saturated rings. The van der Waals surface area contributed by atoms with Crippen LogP contribution in [-0.2, 0) is 31.0 Å². The Labute approximate surface area is 381 Å². The van der Waals surface area contributed by atoms with Crippen molar-refractivity contribution in [2.75, 3.05) is 37.9 Å². The third-order valence-electron chi connectivity index (χ3n) is 11.3. The standard InChI is InChI=1S/C45H58N14O7/c1-9-25(4)36(46)43(64)55(7)15-14-18-66-35-24-29(40(48)61)22-31-38(35)57(45(50-31)52-42(63)33-20-27(6)54-59(33)11-3)17-13-12-16-56-37-30(21-28(39(47)60)23-34(37)65-8)49-44(56)51-41(62)32-19-26(5)53-58(32)10-2/h12-13,19-25,36H,9-11,14-18,46H2,1-8H3,(H2,47,60)(H2,48,61)(H,49,51,62)(H,50,52,63)/b13-12+/t25-,36-/m0/s1. The summed E-state index contributed by atoms with van der Waals surface area (Å²) in [5, 5.41) is 14.7. The number of primary amides is 2. The first-order valence-corrected chi connectivity index (χ1v) is 21.7. The molecule has 21 nitrogen and oxygen atoms in total. The predicted octanol–water partition coefficient (Wildman–Crippen LogP) is 4.00. The minimum absolute atomic E-state index is 0.0181. The second kappa shape index (κ2) is 20.5. The number of fused-ring (bicyclic) bond motifs is 2. The highest BCUT2D eigenvalue weighted by molar-refractivity contribution is 6.05. The number of benzene rings is 2. The van der Waals surface area contributed by atoms with Crippen LogP contribution in [0.4, 0.5) is 11.9 Å². The van der Waals surface area contributed by atoms with Gasteiger partial charge in [-0.2, -0.15) is 10.2 Å². The number of likely N-dealkylation sites (N-methyl/N-ethyl adjacent to an activating group) is 1. The number of aromatic nitrogens is 8. The molecule has 0 saturated heterocycles. The fraction of sp³-hybridized carbons (Fsp3) is 0.400. The number of allylic oxidation sites excluding steroid dienone is 2. The fourth-order valence-corrected chi connectivity index (χ4v) is 7.53. The summed E-state index contributed by atoms with van der Waals surface area (Å²) in [6.45, 7) is 12.9. The number of hydrogen-bond acceptors (Lipinski definition) is 12. The number of nitrogens with two attached hydrogens (primary N) is 3. The van der Waals surface area contributed by atoms with E-state index in [0.717, 1.165) is 6.42 Å². The number of ether oxygens (including phenoxy) is 2. The molecule has 4 aromatic heterocycles. The average molecular weight is 907 g/mol. The van der Waals surface area contributed by atoms with Gasteiger partial charge in [-0.1, -0.05) is 32.4 Å². The summed E-state index contributed by atoms with van der Waals surface area (Å²) in [4.78, 5) is 76.4. The summed E-state index contributed by atoms with van der Waals surface area (Å²) in [5.74, 6) is -1.60. The molecular weight excluding hydrogens is 849 g/mol. The van der Waals surface area contributed by atoms with Crippen LogP contribution in [0.5, 0.6) is 11.5 Å². The van der Waals surface area contributed by atoms with E-state index in [1.807, 2.05) is 39.8 Å². The van der Waals surface area contributed by atoms with E-state index in [1.54, 1.807) is 56.4 Å². The van der Waals surface area contributed by atoms with Crippen molar-refractivity contribution in [1.29, 1.82) is 0 Å². The van der Waals surface area contributed by atoms with Crippen LogP contribution in [0.3, 0.4) is 0 Å². The van der Waals surface area contributed by atoms with Gasteiger partial charge in [-0.3, -0.25) is 44.0 Å². The Kier molecular flexibility index (Phi) is 14.9. The second-order valence-corrected chi connectivity index (χ2v) is 15.9. The first kappa shape index (κ1) is 47.9. The molecule has 0 radical (unpaired) electrons. The number of hydrogen-bond donors (Lipinski definition) is 5. The zero-order chi connectivity index (χ0) is 48.0. The van der Waals surface area contributed by atoms with Crippen LogP contribution < -0.4 is 37.3 Å². The van der Waals surface area contributed by atoms with Gasteiger partial charge in [0, 0.05) is 50.9 Å². The van der Waals surface area contributed by atoms with E-state index < -0.39 is 29.7 Å². The lowest BCUT2D eigenvalue weighted by Crippen LogP contribution is -2.45.